The Hall–Kier alpha value is -2.16. The van der Waals surface area contributed by atoms with Gasteiger partial charge < -0.3 is 0 Å². The van der Waals surface area contributed by atoms with Gasteiger partial charge in [0.05, 0.1) is 21.2 Å². The minimum atomic E-state index is -4.10. The van der Waals surface area contributed by atoms with E-state index in [1.807, 2.05) is 26.2 Å². The highest BCUT2D eigenvalue weighted by Gasteiger charge is 2.27. The van der Waals surface area contributed by atoms with Gasteiger partial charge in [0.2, 0.25) is 0 Å². The van der Waals surface area contributed by atoms with E-state index in [1.165, 1.54) is 6.07 Å². The van der Waals surface area contributed by atoms with Crippen LogP contribution in [0.5, 0.6) is 0 Å². The number of hydrogen-bond donors (Lipinski definition) is 3. The van der Waals surface area contributed by atoms with Crippen molar-refractivity contribution in [2.24, 2.45) is 5.84 Å². The van der Waals surface area contributed by atoms with E-state index in [0.29, 0.717) is 5.56 Å². The van der Waals surface area contributed by atoms with Crippen LogP contribution in [-0.4, -0.2) is 14.3 Å². The summed E-state index contributed by atoms with van der Waals surface area (Å²) in [7, 11) is -4.10. The molecule has 0 aliphatic carbocycles. The molecule has 2 aromatic carbocycles. The molecule has 0 aliphatic rings. The summed E-state index contributed by atoms with van der Waals surface area (Å²) >= 11 is 5.69. The molecular weight excluding hydrogens is 381 g/mol. The highest BCUT2D eigenvalue weighted by molar-refractivity contribution is 7.92. The zero-order chi connectivity index (χ0) is 19.7. The number of amides is 1. The van der Waals surface area contributed by atoms with Crippen LogP contribution in [0.2, 0.25) is 5.02 Å². The largest absolute Gasteiger partial charge is 0.290 e. The van der Waals surface area contributed by atoms with Gasteiger partial charge in [0, 0.05) is 6.07 Å². The molecule has 2 rings (SSSR count). The van der Waals surface area contributed by atoms with Crippen molar-refractivity contribution in [1.29, 1.82) is 0 Å². The number of carbonyl (C=O) groups excluding carboxylic acids is 1. The van der Waals surface area contributed by atoms with Crippen LogP contribution in [0, 0.1) is 5.82 Å². The van der Waals surface area contributed by atoms with Gasteiger partial charge in [-0.15, -0.1) is 0 Å². The monoisotopic (exact) mass is 399 g/mol. The average Bonchev–Trinajstić information content (AvgIpc) is 2.56. The Morgan fingerprint density at radius 1 is 1.19 bits per heavy atom. The number of nitrogens with one attached hydrogen (secondary N) is 2. The second-order valence-corrected chi connectivity index (χ2v) is 8.70. The number of anilines is 1. The highest BCUT2D eigenvalue weighted by atomic mass is 35.5. The molecule has 0 unspecified atom stereocenters. The zero-order valence-corrected chi connectivity index (χ0v) is 16.0. The van der Waals surface area contributed by atoms with Crippen molar-refractivity contribution in [3.05, 3.63) is 58.4 Å². The van der Waals surface area contributed by atoms with E-state index in [9.17, 15) is 17.6 Å². The van der Waals surface area contributed by atoms with Crippen LogP contribution in [0.1, 0.15) is 36.7 Å². The lowest BCUT2D eigenvalue weighted by Crippen LogP contribution is -2.31. The van der Waals surface area contributed by atoms with Crippen LogP contribution in [-0.2, 0) is 15.4 Å². The maximum Gasteiger partial charge on any atom is 0.267 e. The van der Waals surface area contributed by atoms with Crippen LogP contribution in [0.15, 0.2) is 41.3 Å². The lowest BCUT2D eigenvalue weighted by atomic mass is 9.87. The molecule has 2 aromatic rings. The topological polar surface area (TPSA) is 101 Å². The molecule has 0 bridgehead atoms. The fourth-order valence-electron chi connectivity index (χ4n) is 2.42. The predicted molar refractivity (Wildman–Crippen MR) is 99.0 cm³/mol. The summed E-state index contributed by atoms with van der Waals surface area (Å²) in [6, 6.07) is 8.30. The van der Waals surface area contributed by atoms with Gasteiger partial charge in [-0.3, -0.25) is 14.9 Å². The number of carbonyl (C=O) groups is 1. The standard InChI is InChI=1S/C17H19ClFN3O3S/c1-17(2,3)11-6-4-5-7-15(11)26(24,25)22-14-9-13(19)12(18)8-10(14)16(23)21-20/h4-9,22H,20H2,1-3H3,(H,21,23). The molecule has 0 saturated heterocycles. The maximum absolute atomic E-state index is 13.8. The molecule has 4 N–H and O–H groups in total. The molecule has 9 heteroatoms. The van der Waals surface area contributed by atoms with Crippen LogP contribution in [0.3, 0.4) is 0 Å². The molecule has 1 amide bonds. The Bertz CT molecular complexity index is 956. The Balaban J connectivity index is 2.59. The first kappa shape index (κ1) is 20.2. The van der Waals surface area contributed by atoms with Crippen molar-refractivity contribution in [1.82, 2.24) is 5.43 Å². The SMILES string of the molecule is CC(C)(C)c1ccccc1S(=O)(=O)Nc1cc(F)c(Cl)cc1C(=O)NN. The highest BCUT2D eigenvalue weighted by Crippen LogP contribution is 2.31. The summed E-state index contributed by atoms with van der Waals surface area (Å²) < 4.78 is 41.9. The summed E-state index contributed by atoms with van der Waals surface area (Å²) in [5, 5.41) is -0.332. The molecule has 0 aliphatic heterocycles. The van der Waals surface area contributed by atoms with E-state index in [1.54, 1.807) is 18.2 Å². The van der Waals surface area contributed by atoms with Crippen molar-refractivity contribution in [3.63, 3.8) is 0 Å². The molecule has 0 spiro atoms. The lowest BCUT2D eigenvalue weighted by molar-refractivity contribution is 0.0954. The Labute approximate surface area is 156 Å². The van der Waals surface area contributed by atoms with E-state index in [4.69, 9.17) is 17.4 Å². The fraction of sp³-hybridized carbons (Fsp3) is 0.235. The van der Waals surface area contributed by atoms with Crippen molar-refractivity contribution in [2.75, 3.05) is 4.72 Å². The van der Waals surface area contributed by atoms with Crippen LogP contribution in [0.25, 0.3) is 0 Å². The molecule has 140 valence electrons. The summed E-state index contributed by atoms with van der Waals surface area (Å²) in [4.78, 5) is 11.9. The number of rotatable bonds is 4. The van der Waals surface area contributed by atoms with Gasteiger partial charge >= 0.3 is 0 Å². The van der Waals surface area contributed by atoms with Crippen molar-refractivity contribution in [2.45, 2.75) is 31.1 Å². The molecule has 0 saturated carbocycles. The van der Waals surface area contributed by atoms with E-state index in [-0.39, 0.29) is 21.2 Å². The normalized spacial score (nSPS) is 11.9. The third kappa shape index (κ3) is 4.14. The maximum atomic E-state index is 13.8. The van der Waals surface area contributed by atoms with Crippen LogP contribution in [0.4, 0.5) is 10.1 Å². The van der Waals surface area contributed by atoms with E-state index in [0.717, 1.165) is 12.1 Å². The number of hydrazine groups is 1. The summed E-state index contributed by atoms with van der Waals surface area (Å²) in [6.45, 7) is 5.61. The van der Waals surface area contributed by atoms with E-state index < -0.39 is 27.2 Å². The van der Waals surface area contributed by atoms with Crippen LogP contribution < -0.4 is 16.0 Å². The number of benzene rings is 2. The van der Waals surface area contributed by atoms with Gasteiger partial charge in [-0.2, -0.15) is 0 Å². The number of halogens is 2. The molecule has 0 atom stereocenters. The van der Waals surface area contributed by atoms with Gasteiger partial charge in [-0.05, 0) is 23.1 Å². The number of hydrogen-bond acceptors (Lipinski definition) is 4. The molecular formula is C17H19ClFN3O3S. The first-order valence-electron chi connectivity index (χ1n) is 7.59. The number of nitrogens with two attached hydrogens (primary N) is 1. The lowest BCUT2D eigenvalue weighted by Gasteiger charge is -2.23. The first-order valence-corrected chi connectivity index (χ1v) is 9.46. The van der Waals surface area contributed by atoms with Gasteiger partial charge in [0.15, 0.2) is 0 Å². The van der Waals surface area contributed by atoms with Crippen molar-refractivity contribution >= 4 is 33.2 Å². The smallest absolute Gasteiger partial charge is 0.267 e. The molecule has 0 heterocycles. The average molecular weight is 400 g/mol. The Morgan fingerprint density at radius 2 is 1.81 bits per heavy atom. The summed E-state index contributed by atoms with van der Waals surface area (Å²) in [5.41, 5.74) is 1.54. The second-order valence-electron chi connectivity index (χ2n) is 6.64. The van der Waals surface area contributed by atoms with E-state index >= 15 is 0 Å². The Kier molecular flexibility index (Phi) is 5.60. The van der Waals surface area contributed by atoms with Crippen molar-refractivity contribution < 1.29 is 17.6 Å². The zero-order valence-electron chi connectivity index (χ0n) is 14.4. The molecule has 0 fully saturated rings. The van der Waals surface area contributed by atoms with Gasteiger partial charge in [-0.25, -0.2) is 18.7 Å². The Morgan fingerprint density at radius 3 is 2.38 bits per heavy atom. The van der Waals surface area contributed by atoms with Gasteiger partial charge in [0.1, 0.15) is 5.82 Å². The number of nitrogen functional groups attached to an aromatic ring is 1. The molecule has 6 nitrogen and oxygen atoms in total. The summed E-state index contributed by atoms with van der Waals surface area (Å²) in [6.07, 6.45) is 0. The fourth-order valence-corrected chi connectivity index (χ4v) is 4.07. The molecule has 0 radical (unpaired) electrons. The molecule has 26 heavy (non-hydrogen) atoms. The van der Waals surface area contributed by atoms with E-state index in [2.05, 4.69) is 4.72 Å². The second kappa shape index (κ2) is 7.22. The summed E-state index contributed by atoms with van der Waals surface area (Å²) in [5.74, 6) is 3.42. The minimum absolute atomic E-state index is 0.0296. The number of sulfonamides is 1. The third-order valence-electron chi connectivity index (χ3n) is 3.67. The minimum Gasteiger partial charge on any atom is -0.290 e. The quantitative estimate of drug-likeness (QED) is 0.417. The third-order valence-corrected chi connectivity index (χ3v) is 5.38. The van der Waals surface area contributed by atoms with Gasteiger partial charge in [0.25, 0.3) is 15.9 Å². The predicted octanol–water partition coefficient (Wildman–Crippen LogP) is 3.18. The van der Waals surface area contributed by atoms with Crippen molar-refractivity contribution in [3.8, 4) is 0 Å². The molecule has 0 aromatic heterocycles. The van der Waals surface area contributed by atoms with Gasteiger partial charge in [-0.1, -0.05) is 50.6 Å². The first-order chi connectivity index (χ1) is 12.0. The van der Waals surface area contributed by atoms with Crippen LogP contribution >= 0.6 is 11.6 Å².